The van der Waals surface area contributed by atoms with E-state index in [2.05, 4.69) is 36.1 Å². The van der Waals surface area contributed by atoms with Crippen molar-refractivity contribution in [2.45, 2.75) is 43.8 Å². The minimum Gasteiger partial charge on any atom is -0.295 e. The Morgan fingerprint density at radius 1 is 1.08 bits per heavy atom. The van der Waals surface area contributed by atoms with Gasteiger partial charge in [0.25, 0.3) is 0 Å². The van der Waals surface area contributed by atoms with Crippen molar-refractivity contribution in [3.05, 3.63) is 71.3 Å². The number of likely N-dealkylation sites (tertiary alicyclic amines) is 1. The van der Waals surface area contributed by atoms with Gasteiger partial charge >= 0.3 is 6.18 Å². The number of halogens is 3. The van der Waals surface area contributed by atoms with Gasteiger partial charge < -0.3 is 0 Å². The maximum absolute atomic E-state index is 12.8. The first-order valence-corrected chi connectivity index (χ1v) is 9.41. The molecule has 2 aliphatic rings. The first-order chi connectivity index (χ1) is 12.4. The smallest absolute Gasteiger partial charge is 0.295 e. The second kappa shape index (κ2) is 6.41. The summed E-state index contributed by atoms with van der Waals surface area (Å²) in [5.41, 5.74) is 1.92. The number of alkyl halides is 3. The summed E-state index contributed by atoms with van der Waals surface area (Å²) < 4.78 is 38.5. The molecule has 1 nitrogen and oxygen atoms in total. The van der Waals surface area contributed by atoms with Gasteiger partial charge in [0, 0.05) is 24.5 Å². The molecular formula is C22H24F3N. The van der Waals surface area contributed by atoms with E-state index in [0.29, 0.717) is 12.0 Å². The molecular weight excluding hydrogens is 335 g/mol. The van der Waals surface area contributed by atoms with Gasteiger partial charge in [0.1, 0.15) is 0 Å². The van der Waals surface area contributed by atoms with E-state index in [1.807, 2.05) is 6.07 Å². The van der Waals surface area contributed by atoms with Crippen LogP contribution in [0.2, 0.25) is 0 Å². The summed E-state index contributed by atoms with van der Waals surface area (Å²) in [6.45, 7) is 4.20. The molecule has 0 bridgehead atoms. The average Bonchev–Trinajstić information content (AvgIpc) is 3.21. The summed E-state index contributed by atoms with van der Waals surface area (Å²) in [6, 6.07) is 16.9. The number of nitrogens with zero attached hydrogens (tertiary/aromatic N) is 1. The molecule has 1 heterocycles. The third-order valence-corrected chi connectivity index (χ3v) is 6.15. The highest BCUT2D eigenvalue weighted by Crippen LogP contribution is 2.60. The van der Waals surface area contributed by atoms with Crippen molar-refractivity contribution >= 4 is 0 Å². The number of piperidine rings is 1. The molecule has 4 heteroatoms. The van der Waals surface area contributed by atoms with Crippen molar-refractivity contribution in [1.29, 1.82) is 0 Å². The standard InChI is InChI=1S/C22H24F3N/c1-2-6-20(16-7-4-3-5-8-16)26-14-19-13-21(19,15-26)17-9-11-18(12-10-17)22(23,24)25/h3-5,7-12,19-20H,2,6,13-15H2,1H3. The zero-order chi connectivity index (χ0) is 18.4. The molecule has 2 fully saturated rings. The number of hydrogen-bond donors (Lipinski definition) is 0. The fraction of sp³-hybridized carbons (Fsp3) is 0.455. The van der Waals surface area contributed by atoms with Gasteiger partial charge in [-0.05, 0) is 42.0 Å². The maximum atomic E-state index is 12.8. The van der Waals surface area contributed by atoms with Crippen molar-refractivity contribution in [1.82, 2.24) is 4.90 Å². The van der Waals surface area contributed by atoms with Crippen LogP contribution in [-0.2, 0) is 11.6 Å². The number of hydrogen-bond acceptors (Lipinski definition) is 1. The van der Waals surface area contributed by atoms with Crippen LogP contribution in [0.15, 0.2) is 54.6 Å². The Balaban J connectivity index is 1.54. The maximum Gasteiger partial charge on any atom is 0.416 e. The topological polar surface area (TPSA) is 3.24 Å². The van der Waals surface area contributed by atoms with Crippen molar-refractivity contribution in [3.63, 3.8) is 0 Å². The van der Waals surface area contributed by atoms with Gasteiger partial charge in [-0.3, -0.25) is 4.90 Å². The predicted molar refractivity (Wildman–Crippen MR) is 96.9 cm³/mol. The Bertz CT molecular complexity index is 753. The molecule has 0 N–H and O–H groups in total. The van der Waals surface area contributed by atoms with Crippen molar-refractivity contribution in [2.75, 3.05) is 13.1 Å². The lowest BCUT2D eigenvalue weighted by atomic mass is 9.93. The average molecular weight is 359 g/mol. The summed E-state index contributed by atoms with van der Waals surface area (Å²) in [4.78, 5) is 2.55. The Kier molecular flexibility index (Phi) is 4.34. The van der Waals surface area contributed by atoms with Crippen molar-refractivity contribution in [2.24, 2.45) is 5.92 Å². The summed E-state index contributed by atoms with van der Waals surface area (Å²) in [7, 11) is 0. The van der Waals surface area contributed by atoms with Crippen LogP contribution in [0.3, 0.4) is 0 Å². The molecule has 1 aliphatic carbocycles. The molecule has 1 saturated carbocycles. The van der Waals surface area contributed by atoms with Crippen LogP contribution >= 0.6 is 0 Å². The van der Waals surface area contributed by atoms with Crippen molar-refractivity contribution in [3.8, 4) is 0 Å². The SMILES string of the molecule is CCCC(c1ccccc1)N1CC2CC2(c2ccc(C(F)(F)F)cc2)C1. The molecule has 1 aliphatic heterocycles. The van der Waals surface area contributed by atoms with Crippen LogP contribution in [0.1, 0.15) is 48.9 Å². The highest BCUT2D eigenvalue weighted by Gasteiger charge is 2.61. The zero-order valence-corrected chi connectivity index (χ0v) is 15.0. The molecule has 0 spiro atoms. The third-order valence-electron chi connectivity index (χ3n) is 6.15. The summed E-state index contributed by atoms with van der Waals surface area (Å²) in [6.07, 6.45) is -0.934. The fourth-order valence-electron chi connectivity index (χ4n) is 4.71. The molecule has 138 valence electrons. The molecule has 2 aromatic rings. The molecule has 0 radical (unpaired) electrons. The molecule has 4 rings (SSSR count). The van der Waals surface area contributed by atoms with E-state index < -0.39 is 11.7 Å². The van der Waals surface area contributed by atoms with E-state index in [9.17, 15) is 13.2 Å². The Morgan fingerprint density at radius 2 is 1.77 bits per heavy atom. The van der Waals surface area contributed by atoms with Gasteiger partial charge in [-0.15, -0.1) is 0 Å². The normalized spacial score (nSPS) is 26.5. The largest absolute Gasteiger partial charge is 0.416 e. The first kappa shape index (κ1) is 17.6. The lowest BCUT2D eigenvalue weighted by Gasteiger charge is -2.31. The van der Waals surface area contributed by atoms with Gasteiger partial charge in [0.2, 0.25) is 0 Å². The van der Waals surface area contributed by atoms with Gasteiger partial charge in [-0.1, -0.05) is 55.8 Å². The molecule has 2 aromatic carbocycles. The van der Waals surface area contributed by atoms with Crippen LogP contribution < -0.4 is 0 Å². The molecule has 1 saturated heterocycles. The van der Waals surface area contributed by atoms with Gasteiger partial charge in [0.15, 0.2) is 0 Å². The fourth-order valence-corrected chi connectivity index (χ4v) is 4.71. The first-order valence-electron chi connectivity index (χ1n) is 9.41. The second-order valence-corrected chi connectivity index (χ2v) is 7.78. The van der Waals surface area contributed by atoms with Crippen LogP contribution in [-0.4, -0.2) is 18.0 Å². The van der Waals surface area contributed by atoms with E-state index >= 15 is 0 Å². The summed E-state index contributed by atoms with van der Waals surface area (Å²) in [5.74, 6) is 0.572. The molecule has 0 amide bonds. The predicted octanol–water partition coefficient (Wildman–Crippen LogP) is 5.82. The van der Waals surface area contributed by atoms with Crippen LogP contribution in [0.25, 0.3) is 0 Å². The van der Waals surface area contributed by atoms with Crippen LogP contribution in [0.4, 0.5) is 13.2 Å². The molecule has 26 heavy (non-hydrogen) atoms. The highest BCUT2D eigenvalue weighted by atomic mass is 19.4. The Morgan fingerprint density at radius 3 is 2.38 bits per heavy atom. The number of rotatable bonds is 5. The third kappa shape index (κ3) is 3.05. The van der Waals surface area contributed by atoms with Crippen LogP contribution in [0.5, 0.6) is 0 Å². The van der Waals surface area contributed by atoms with Gasteiger partial charge in [-0.2, -0.15) is 13.2 Å². The Hall–Kier alpha value is -1.81. The van der Waals surface area contributed by atoms with Gasteiger partial charge in [0.05, 0.1) is 5.56 Å². The molecule has 0 aromatic heterocycles. The summed E-state index contributed by atoms with van der Waals surface area (Å²) in [5, 5.41) is 0. The van der Waals surface area contributed by atoms with E-state index in [-0.39, 0.29) is 5.41 Å². The van der Waals surface area contributed by atoms with E-state index in [4.69, 9.17) is 0 Å². The number of benzene rings is 2. The lowest BCUT2D eigenvalue weighted by molar-refractivity contribution is -0.137. The monoisotopic (exact) mass is 359 g/mol. The molecule has 3 atom stereocenters. The highest BCUT2D eigenvalue weighted by molar-refractivity contribution is 5.39. The van der Waals surface area contributed by atoms with E-state index in [0.717, 1.165) is 37.9 Å². The van der Waals surface area contributed by atoms with Crippen molar-refractivity contribution < 1.29 is 13.2 Å². The van der Waals surface area contributed by atoms with Crippen LogP contribution in [0, 0.1) is 5.92 Å². The van der Waals surface area contributed by atoms with Gasteiger partial charge in [-0.25, -0.2) is 0 Å². The summed E-state index contributed by atoms with van der Waals surface area (Å²) >= 11 is 0. The minimum absolute atomic E-state index is 0.0604. The lowest BCUT2D eigenvalue weighted by Crippen LogP contribution is -2.31. The zero-order valence-electron chi connectivity index (χ0n) is 15.0. The quantitative estimate of drug-likeness (QED) is 0.650. The van der Waals surface area contributed by atoms with E-state index in [1.54, 1.807) is 12.1 Å². The molecule has 3 unspecified atom stereocenters. The minimum atomic E-state index is -4.26. The Labute approximate surface area is 152 Å². The number of fused-ring (bicyclic) bond motifs is 1. The van der Waals surface area contributed by atoms with E-state index in [1.165, 1.54) is 17.7 Å². The second-order valence-electron chi connectivity index (χ2n) is 7.78.